The van der Waals surface area contributed by atoms with Crippen molar-refractivity contribution in [3.63, 3.8) is 0 Å². The van der Waals surface area contributed by atoms with Crippen LogP contribution in [0.4, 0.5) is 0 Å². The molecule has 132 valence electrons. The molecule has 24 heavy (non-hydrogen) atoms. The van der Waals surface area contributed by atoms with Crippen LogP contribution < -0.4 is 10.6 Å². The van der Waals surface area contributed by atoms with Gasteiger partial charge in [0, 0.05) is 25.6 Å². The van der Waals surface area contributed by atoms with E-state index in [-0.39, 0.29) is 16.7 Å². The molecule has 0 bridgehead atoms. The number of benzene rings is 1. The Morgan fingerprint density at radius 1 is 1.12 bits per heavy atom. The summed E-state index contributed by atoms with van der Waals surface area (Å²) in [5, 5.41) is 6.53. The van der Waals surface area contributed by atoms with Crippen LogP contribution >= 0.6 is 0 Å². The van der Waals surface area contributed by atoms with Crippen LogP contribution in [0.25, 0.3) is 0 Å². The first-order chi connectivity index (χ1) is 11.4. The number of amides is 1. The number of hydrogen-bond acceptors (Lipinski definition) is 2. The monoisotopic (exact) mass is 328 g/mol. The lowest BCUT2D eigenvalue weighted by Gasteiger charge is -2.38. The molecule has 1 aliphatic heterocycles. The van der Waals surface area contributed by atoms with Crippen molar-refractivity contribution in [2.75, 3.05) is 19.6 Å². The molecule has 2 fully saturated rings. The minimum absolute atomic E-state index is 0.151. The Labute approximate surface area is 146 Å². The summed E-state index contributed by atoms with van der Waals surface area (Å²) in [6.07, 6.45) is 5.52. The normalized spacial score (nSPS) is 21.1. The van der Waals surface area contributed by atoms with Gasteiger partial charge in [-0.25, -0.2) is 0 Å². The Kier molecular flexibility index (Phi) is 5.00. The smallest absolute Gasteiger partial charge is 0.230 e. The number of hydrogen-bond donors (Lipinski definition) is 2. The van der Waals surface area contributed by atoms with Gasteiger partial charge in [-0.05, 0) is 29.4 Å². The van der Waals surface area contributed by atoms with Gasteiger partial charge >= 0.3 is 0 Å². The van der Waals surface area contributed by atoms with E-state index in [1.807, 2.05) is 0 Å². The molecule has 1 amide bonds. The molecule has 1 saturated heterocycles. The average molecular weight is 329 g/mol. The summed E-state index contributed by atoms with van der Waals surface area (Å²) in [6, 6.07) is 8.84. The van der Waals surface area contributed by atoms with Crippen LogP contribution in [0.5, 0.6) is 0 Å². The van der Waals surface area contributed by atoms with Crippen LogP contribution in [0.2, 0.25) is 0 Å². The van der Waals surface area contributed by atoms with E-state index in [1.165, 1.54) is 17.5 Å². The molecular weight excluding hydrogens is 296 g/mol. The molecule has 2 aliphatic rings. The second kappa shape index (κ2) is 6.87. The van der Waals surface area contributed by atoms with Crippen molar-refractivity contribution in [2.24, 2.45) is 5.92 Å². The van der Waals surface area contributed by atoms with Gasteiger partial charge in [0.15, 0.2) is 0 Å². The van der Waals surface area contributed by atoms with Gasteiger partial charge in [0.2, 0.25) is 5.91 Å². The molecule has 1 saturated carbocycles. The van der Waals surface area contributed by atoms with Crippen molar-refractivity contribution >= 4 is 5.91 Å². The van der Waals surface area contributed by atoms with Gasteiger partial charge < -0.3 is 10.6 Å². The minimum Gasteiger partial charge on any atom is -0.355 e. The lowest BCUT2D eigenvalue weighted by molar-refractivity contribution is -0.128. The van der Waals surface area contributed by atoms with Gasteiger partial charge in [-0.15, -0.1) is 0 Å². The third-order valence-corrected chi connectivity index (χ3v) is 5.86. The summed E-state index contributed by atoms with van der Waals surface area (Å²) in [4.78, 5) is 13.1. The number of carbonyl (C=O) groups is 1. The molecule has 1 aromatic carbocycles. The molecule has 0 aromatic heterocycles. The van der Waals surface area contributed by atoms with E-state index in [2.05, 4.69) is 55.7 Å². The van der Waals surface area contributed by atoms with E-state index in [4.69, 9.17) is 0 Å². The molecule has 0 spiro atoms. The standard InChI is InChI=1S/C21H32N2O/c1-20(2,3)17-7-9-18(10-8-17)21(11-5-4-6-12-21)19(24)23-15-16-13-22-14-16/h7-10,16,22H,4-6,11-15H2,1-3H3,(H,23,24). The van der Waals surface area contributed by atoms with Crippen LogP contribution in [0.1, 0.15) is 64.0 Å². The summed E-state index contributed by atoms with van der Waals surface area (Å²) in [6.45, 7) is 9.59. The zero-order valence-corrected chi connectivity index (χ0v) is 15.5. The predicted molar refractivity (Wildman–Crippen MR) is 99.3 cm³/mol. The zero-order chi connectivity index (χ0) is 17.2. The molecule has 1 aliphatic carbocycles. The third-order valence-electron chi connectivity index (χ3n) is 5.86. The van der Waals surface area contributed by atoms with Gasteiger partial charge in [0.1, 0.15) is 0 Å². The second-order valence-electron chi connectivity index (χ2n) is 8.70. The van der Waals surface area contributed by atoms with E-state index in [0.29, 0.717) is 5.92 Å². The SMILES string of the molecule is CC(C)(C)c1ccc(C2(C(=O)NCC3CNC3)CCCCC2)cc1. The van der Waals surface area contributed by atoms with Crippen molar-refractivity contribution in [3.8, 4) is 0 Å². The summed E-state index contributed by atoms with van der Waals surface area (Å²) in [5.41, 5.74) is 2.38. The fourth-order valence-electron chi connectivity index (χ4n) is 3.99. The second-order valence-corrected chi connectivity index (χ2v) is 8.70. The maximum absolute atomic E-state index is 13.1. The predicted octanol–water partition coefficient (Wildman–Crippen LogP) is 3.52. The highest BCUT2D eigenvalue weighted by atomic mass is 16.2. The highest BCUT2D eigenvalue weighted by Gasteiger charge is 2.41. The lowest BCUT2D eigenvalue weighted by atomic mass is 9.68. The molecule has 2 N–H and O–H groups in total. The third kappa shape index (κ3) is 3.51. The first-order valence-corrected chi connectivity index (χ1v) is 9.52. The summed E-state index contributed by atoms with van der Waals surface area (Å²) in [7, 11) is 0. The maximum Gasteiger partial charge on any atom is 0.230 e. The molecule has 3 heteroatoms. The Hall–Kier alpha value is -1.35. The first kappa shape index (κ1) is 17.5. The quantitative estimate of drug-likeness (QED) is 0.888. The van der Waals surface area contributed by atoms with Crippen LogP contribution in [0, 0.1) is 5.92 Å². The Morgan fingerprint density at radius 3 is 2.25 bits per heavy atom. The molecule has 3 rings (SSSR count). The van der Waals surface area contributed by atoms with Gasteiger partial charge in [-0.1, -0.05) is 64.3 Å². The first-order valence-electron chi connectivity index (χ1n) is 9.52. The van der Waals surface area contributed by atoms with E-state index in [9.17, 15) is 4.79 Å². The summed E-state index contributed by atoms with van der Waals surface area (Å²) < 4.78 is 0. The van der Waals surface area contributed by atoms with Gasteiger partial charge in [0.25, 0.3) is 0 Å². The summed E-state index contributed by atoms with van der Waals surface area (Å²) >= 11 is 0. The van der Waals surface area contributed by atoms with E-state index < -0.39 is 0 Å². The Balaban J connectivity index is 1.80. The number of rotatable bonds is 4. The molecular formula is C21H32N2O. The van der Waals surface area contributed by atoms with Crippen molar-refractivity contribution in [3.05, 3.63) is 35.4 Å². The van der Waals surface area contributed by atoms with E-state index in [0.717, 1.165) is 45.3 Å². The van der Waals surface area contributed by atoms with Crippen LogP contribution in [0.3, 0.4) is 0 Å². The molecule has 1 aromatic rings. The molecule has 3 nitrogen and oxygen atoms in total. The number of nitrogens with one attached hydrogen (secondary N) is 2. The van der Waals surface area contributed by atoms with E-state index in [1.54, 1.807) is 0 Å². The fraction of sp³-hybridized carbons (Fsp3) is 0.667. The Bertz CT molecular complexity index is 560. The van der Waals surface area contributed by atoms with Crippen molar-refractivity contribution in [1.82, 2.24) is 10.6 Å². The number of carbonyl (C=O) groups excluding carboxylic acids is 1. The van der Waals surface area contributed by atoms with E-state index >= 15 is 0 Å². The van der Waals surface area contributed by atoms with Crippen molar-refractivity contribution < 1.29 is 4.79 Å². The van der Waals surface area contributed by atoms with Crippen LogP contribution in [-0.4, -0.2) is 25.5 Å². The van der Waals surface area contributed by atoms with Gasteiger partial charge in [-0.2, -0.15) is 0 Å². The highest BCUT2D eigenvalue weighted by Crippen LogP contribution is 2.40. The average Bonchev–Trinajstić information content (AvgIpc) is 2.53. The largest absolute Gasteiger partial charge is 0.355 e. The topological polar surface area (TPSA) is 41.1 Å². The van der Waals surface area contributed by atoms with Crippen LogP contribution in [-0.2, 0) is 15.6 Å². The Morgan fingerprint density at radius 2 is 1.75 bits per heavy atom. The van der Waals surface area contributed by atoms with Crippen molar-refractivity contribution in [1.29, 1.82) is 0 Å². The van der Waals surface area contributed by atoms with Gasteiger partial charge in [0.05, 0.1) is 5.41 Å². The van der Waals surface area contributed by atoms with Gasteiger partial charge in [-0.3, -0.25) is 4.79 Å². The van der Waals surface area contributed by atoms with Crippen molar-refractivity contribution in [2.45, 2.75) is 63.7 Å². The maximum atomic E-state index is 13.1. The molecule has 0 atom stereocenters. The lowest BCUT2D eigenvalue weighted by Crippen LogP contribution is -2.52. The molecule has 0 unspecified atom stereocenters. The molecule has 1 heterocycles. The van der Waals surface area contributed by atoms with Crippen LogP contribution in [0.15, 0.2) is 24.3 Å². The molecule has 0 radical (unpaired) electrons. The zero-order valence-electron chi connectivity index (χ0n) is 15.5. The highest BCUT2D eigenvalue weighted by molar-refractivity contribution is 5.88. The summed E-state index contributed by atoms with van der Waals surface area (Å²) in [5.74, 6) is 0.857. The minimum atomic E-state index is -0.314. The fourth-order valence-corrected chi connectivity index (χ4v) is 3.99.